The number of pyridine rings is 1. The van der Waals surface area contributed by atoms with E-state index in [0.717, 1.165) is 50.5 Å². The summed E-state index contributed by atoms with van der Waals surface area (Å²) in [6.07, 6.45) is 1.22. The number of hydrogen-bond acceptors (Lipinski definition) is 6. The second kappa shape index (κ2) is 11.7. The summed E-state index contributed by atoms with van der Waals surface area (Å²) in [5.41, 5.74) is 8.56. The number of aromatic nitrogens is 1. The molecule has 0 aliphatic carbocycles. The molecule has 0 fully saturated rings. The fraction of sp³-hybridized carbons (Fsp3) is 0.406. The van der Waals surface area contributed by atoms with Crippen molar-refractivity contribution < 1.29 is 23.8 Å². The number of methoxy groups -OCH3 is 2. The van der Waals surface area contributed by atoms with Crippen molar-refractivity contribution in [2.24, 2.45) is 5.92 Å². The summed E-state index contributed by atoms with van der Waals surface area (Å²) in [6, 6.07) is 15.4. The number of amides is 2. The molecule has 2 aromatic carbocycles. The average Bonchev–Trinajstić information content (AvgIpc) is 2.98. The molecule has 5 rings (SSSR count). The molecule has 0 radical (unpaired) electrons. The van der Waals surface area contributed by atoms with Gasteiger partial charge >= 0.3 is 12.0 Å². The maximum absolute atomic E-state index is 13.3. The molecular formula is C32H37N3O5. The van der Waals surface area contributed by atoms with E-state index in [1.807, 2.05) is 44.2 Å². The molecular weight excluding hydrogens is 506 g/mol. The second-order valence-electron chi connectivity index (χ2n) is 10.8. The molecule has 8 nitrogen and oxygen atoms in total. The van der Waals surface area contributed by atoms with E-state index in [-0.39, 0.29) is 18.1 Å². The number of aryl methyl sites for hydroxylation is 1. The molecule has 0 saturated carbocycles. The normalized spacial score (nSPS) is 17.1. The molecule has 210 valence electrons. The molecule has 2 aliphatic heterocycles. The van der Waals surface area contributed by atoms with E-state index in [4.69, 9.17) is 19.2 Å². The van der Waals surface area contributed by atoms with E-state index in [9.17, 15) is 9.59 Å². The first-order valence-electron chi connectivity index (χ1n) is 13.8. The third kappa shape index (κ3) is 5.41. The minimum Gasteiger partial charge on any atom is -0.497 e. The maximum Gasteiger partial charge on any atom is 0.328 e. The molecule has 3 aromatic rings. The molecule has 0 bridgehead atoms. The highest BCUT2D eigenvalue weighted by Gasteiger charge is 2.34. The van der Waals surface area contributed by atoms with Gasteiger partial charge in [0.25, 0.3) is 0 Å². The Bertz CT molecular complexity index is 1410. The van der Waals surface area contributed by atoms with Gasteiger partial charge in [0, 0.05) is 37.2 Å². The average molecular weight is 544 g/mol. The van der Waals surface area contributed by atoms with Crippen molar-refractivity contribution in [2.75, 3.05) is 20.8 Å². The fourth-order valence-corrected chi connectivity index (χ4v) is 5.65. The predicted molar refractivity (Wildman–Crippen MR) is 152 cm³/mol. The Morgan fingerprint density at radius 1 is 1.07 bits per heavy atom. The Labute approximate surface area is 235 Å². The summed E-state index contributed by atoms with van der Waals surface area (Å²) >= 11 is 0. The van der Waals surface area contributed by atoms with Crippen molar-refractivity contribution in [3.8, 4) is 17.0 Å². The lowest BCUT2D eigenvalue weighted by Gasteiger charge is -2.35. The fourth-order valence-electron chi connectivity index (χ4n) is 5.65. The van der Waals surface area contributed by atoms with Gasteiger partial charge in [-0.1, -0.05) is 44.2 Å². The van der Waals surface area contributed by atoms with Crippen LogP contribution in [0.3, 0.4) is 0 Å². The Morgan fingerprint density at radius 2 is 1.85 bits per heavy atom. The number of hydrogen-bond donors (Lipinski definition) is 1. The van der Waals surface area contributed by atoms with Crippen molar-refractivity contribution >= 4 is 12.0 Å². The van der Waals surface area contributed by atoms with Gasteiger partial charge in [-0.15, -0.1) is 0 Å². The van der Waals surface area contributed by atoms with E-state index >= 15 is 0 Å². The topological polar surface area (TPSA) is 90.0 Å². The van der Waals surface area contributed by atoms with Gasteiger partial charge in [-0.05, 0) is 58.9 Å². The predicted octanol–water partition coefficient (Wildman–Crippen LogP) is 5.14. The van der Waals surface area contributed by atoms with Crippen LogP contribution in [-0.4, -0.2) is 48.7 Å². The van der Waals surface area contributed by atoms with Crippen LogP contribution in [0, 0.1) is 12.8 Å². The first kappa shape index (κ1) is 27.6. The minimum absolute atomic E-state index is 0.0827. The molecule has 0 spiro atoms. The van der Waals surface area contributed by atoms with E-state index in [0.29, 0.717) is 32.5 Å². The molecule has 1 aromatic heterocycles. The highest BCUT2D eigenvalue weighted by Crippen LogP contribution is 2.40. The van der Waals surface area contributed by atoms with E-state index < -0.39 is 12.0 Å². The van der Waals surface area contributed by atoms with Crippen LogP contribution in [-0.2, 0) is 40.3 Å². The number of benzene rings is 2. The zero-order valence-electron chi connectivity index (χ0n) is 23.8. The Balaban J connectivity index is 1.52. The molecule has 0 saturated heterocycles. The number of nitrogens with one attached hydrogen (secondary N) is 1. The van der Waals surface area contributed by atoms with Gasteiger partial charge in [-0.3, -0.25) is 4.98 Å². The second-order valence-corrected chi connectivity index (χ2v) is 10.8. The Hall–Kier alpha value is -3.91. The van der Waals surface area contributed by atoms with Gasteiger partial charge in [-0.2, -0.15) is 0 Å². The van der Waals surface area contributed by atoms with E-state index in [1.54, 1.807) is 12.0 Å². The summed E-state index contributed by atoms with van der Waals surface area (Å²) in [4.78, 5) is 32.5. The number of fused-ring (bicyclic) bond motifs is 3. The largest absolute Gasteiger partial charge is 0.497 e. The molecule has 2 aliphatic rings. The molecule has 3 heterocycles. The van der Waals surface area contributed by atoms with Crippen molar-refractivity contribution in [1.82, 2.24) is 15.2 Å². The van der Waals surface area contributed by atoms with Crippen molar-refractivity contribution in [2.45, 2.75) is 58.9 Å². The van der Waals surface area contributed by atoms with Gasteiger partial charge in [-0.25, -0.2) is 9.59 Å². The van der Waals surface area contributed by atoms with Gasteiger partial charge in [0.1, 0.15) is 11.8 Å². The molecule has 40 heavy (non-hydrogen) atoms. The number of urea groups is 1. The van der Waals surface area contributed by atoms with Crippen LogP contribution >= 0.6 is 0 Å². The summed E-state index contributed by atoms with van der Waals surface area (Å²) in [7, 11) is 3.01. The van der Waals surface area contributed by atoms with Crippen LogP contribution in [0.5, 0.6) is 5.75 Å². The number of carbonyl (C=O) groups excluding carboxylic acids is 2. The molecule has 2 amide bonds. The summed E-state index contributed by atoms with van der Waals surface area (Å²) < 4.78 is 16.8. The molecule has 0 unspecified atom stereocenters. The summed E-state index contributed by atoms with van der Waals surface area (Å²) in [6.45, 7) is 7.20. The van der Waals surface area contributed by atoms with Gasteiger partial charge < -0.3 is 24.4 Å². The number of nitrogens with zero attached hydrogens (tertiary/aromatic N) is 2. The lowest BCUT2D eigenvalue weighted by atomic mass is 9.86. The number of ether oxygens (including phenoxy) is 3. The van der Waals surface area contributed by atoms with Crippen molar-refractivity contribution in [3.63, 3.8) is 0 Å². The lowest BCUT2D eigenvalue weighted by Crippen LogP contribution is -2.51. The van der Waals surface area contributed by atoms with Crippen molar-refractivity contribution in [3.05, 3.63) is 82.0 Å². The first-order valence-corrected chi connectivity index (χ1v) is 13.8. The summed E-state index contributed by atoms with van der Waals surface area (Å²) in [5, 5.41) is 2.88. The Kier molecular flexibility index (Phi) is 8.07. The van der Waals surface area contributed by atoms with Crippen LogP contribution in [0.15, 0.2) is 48.5 Å². The third-order valence-corrected chi connectivity index (χ3v) is 7.94. The molecule has 2 atom stereocenters. The molecule has 8 heteroatoms. The van der Waals surface area contributed by atoms with Gasteiger partial charge in [0.15, 0.2) is 0 Å². The number of esters is 1. The zero-order valence-corrected chi connectivity index (χ0v) is 23.8. The summed E-state index contributed by atoms with van der Waals surface area (Å²) in [5.74, 6) is 0.271. The zero-order chi connectivity index (χ0) is 28.4. The highest BCUT2D eigenvalue weighted by atomic mass is 16.5. The van der Waals surface area contributed by atoms with Crippen molar-refractivity contribution in [1.29, 1.82) is 0 Å². The Morgan fingerprint density at radius 3 is 2.52 bits per heavy atom. The van der Waals surface area contributed by atoms with Crippen LogP contribution in [0.2, 0.25) is 0 Å². The highest BCUT2D eigenvalue weighted by molar-refractivity contribution is 5.84. The van der Waals surface area contributed by atoms with Crippen LogP contribution in [0.25, 0.3) is 11.3 Å². The third-order valence-electron chi connectivity index (χ3n) is 7.94. The first-order chi connectivity index (χ1) is 19.3. The van der Waals surface area contributed by atoms with Crippen LogP contribution < -0.4 is 10.1 Å². The van der Waals surface area contributed by atoms with Gasteiger partial charge in [0.2, 0.25) is 0 Å². The number of rotatable bonds is 6. The van der Waals surface area contributed by atoms with Crippen LogP contribution in [0.4, 0.5) is 4.79 Å². The smallest absolute Gasteiger partial charge is 0.328 e. The monoisotopic (exact) mass is 543 g/mol. The lowest BCUT2D eigenvalue weighted by molar-refractivity contribution is -0.144. The van der Waals surface area contributed by atoms with E-state index in [2.05, 4.69) is 30.4 Å². The van der Waals surface area contributed by atoms with Gasteiger partial charge in [0.05, 0.1) is 32.6 Å². The molecule has 1 N–H and O–H groups in total. The van der Waals surface area contributed by atoms with E-state index in [1.165, 1.54) is 7.11 Å². The van der Waals surface area contributed by atoms with Crippen LogP contribution in [0.1, 0.15) is 53.5 Å². The minimum atomic E-state index is -0.707. The quantitative estimate of drug-likeness (QED) is 0.433. The standard InChI is InChI=1S/C32H37N3O5/c1-19(2)29(31(36)39-5)34-32(37)35-14-13-27-25(17-35)26-18-40-28(21-9-7-6-8-10-21)16-24(26)30(33-27)23-12-11-22(38-4)15-20(23)3/h6-12,15,19,28-29H,13-14,16-18H2,1-5H3,(H,34,37)/t28-,29+/m1/s1. The SMILES string of the molecule is COC(=O)[C@@H](NC(=O)N1CCc2nc(-c3ccc(OC)cc3C)c3c(c2C1)CO[C@@H](c1ccccc1)C3)C(C)C. The maximum atomic E-state index is 13.3. The number of carbonyl (C=O) groups is 2.